The van der Waals surface area contributed by atoms with Crippen LogP contribution in [0.5, 0.6) is 17.2 Å². The van der Waals surface area contributed by atoms with E-state index in [0.29, 0.717) is 16.5 Å². The maximum atomic E-state index is 12.1. The van der Waals surface area contributed by atoms with Crippen molar-refractivity contribution in [1.82, 2.24) is 5.43 Å². The third-order valence-corrected chi connectivity index (χ3v) is 3.70. The molecule has 24 heavy (non-hydrogen) atoms. The van der Waals surface area contributed by atoms with E-state index in [1.165, 1.54) is 37.4 Å². The highest BCUT2D eigenvalue weighted by Crippen LogP contribution is 2.31. The van der Waals surface area contributed by atoms with Crippen molar-refractivity contribution in [2.75, 3.05) is 7.11 Å². The standard InChI is InChI=1S/C16H14Cl2N2O4/c1-8(12-5-9(17)6-13(18)15(12)22)19-20-16(23)11-4-3-10(24-2)7-14(11)21/h3-7,21-22H,1-2H3,(H,20,23). The minimum Gasteiger partial charge on any atom is -0.507 e. The number of carbonyl (C=O) groups excluding carboxylic acids is 1. The first-order valence-electron chi connectivity index (χ1n) is 6.73. The first-order valence-corrected chi connectivity index (χ1v) is 7.49. The number of methoxy groups -OCH3 is 1. The number of phenolic OH excluding ortho intramolecular Hbond substituents is 2. The van der Waals surface area contributed by atoms with Gasteiger partial charge in [-0.05, 0) is 31.2 Å². The van der Waals surface area contributed by atoms with E-state index in [1.807, 2.05) is 0 Å². The monoisotopic (exact) mass is 368 g/mol. The summed E-state index contributed by atoms with van der Waals surface area (Å²) < 4.78 is 4.95. The maximum absolute atomic E-state index is 12.1. The Hall–Kier alpha value is -2.44. The molecule has 0 radical (unpaired) electrons. The minimum atomic E-state index is -0.623. The lowest BCUT2D eigenvalue weighted by Crippen LogP contribution is -2.19. The van der Waals surface area contributed by atoms with E-state index in [4.69, 9.17) is 27.9 Å². The second-order valence-corrected chi connectivity index (χ2v) is 5.65. The van der Waals surface area contributed by atoms with Gasteiger partial charge in [0.15, 0.2) is 0 Å². The summed E-state index contributed by atoms with van der Waals surface area (Å²) in [6, 6.07) is 7.12. The fourth-order valence-electron chi connectivity index (χ4n) is 1.93. The third kappa shape index (κ3) is 3.90. The second kappa shape index (κ2) is 7.42. The molecule has 0 spiro atoms. The summed E-state index contributed by atoms with van der Waals surface area (Å²) in [4.78, 5) is 12.1. The summed E-state index contributed by atoms with van der Waals surface area (Å²) in [7, 11) is 1.45. The van der Waals surface area contributed by atoms with Crippen molar-refractivity contribution in [3.8, 4) is 17.2 Å². The minimum absolute atomic E-state index is 0.0284. The predicted octanol–water partition coefficient (Wildman–Crippen LogP) is 3.57. The Labute approximate surface area is 148 Å². The quantitative estimate of drug-likeness (QED) is 0.568. The van der Waals surface area contributed by atoms with Gasteiger partial charge in [-0.1, -0.05) is 23.2 Å². The Morgan fingerprint density at radius 2 is 1.88 bits per heavy atom. The topological polar surface area (TPSA) is 91.2 Å². The van der Waals surface area contributed by atoms with Crippen LogP contribution in [0.3, 0.4) is 0 Å². The number of halogens is 2. The van der Waals surface area contributed by atoms with Crippen molar-refractivity contribution in [3.63, 3.8) is 0 Å². The molecule has 2 aromatic carbocycles. The molecule has 0 aliphatic carbocycles. The summed E-state index contributed by atoms with van der Waals surface area (Å²) >= 11 is 11.7. The number of hydrazone groups is 1. The van der Waals surface area contributed by atoms with Crippen LogP contribution in [0, 0.1) is 0 Å². The Balaban J connectivity index is 2.23. The summed E-state index contributed by atoms with van der Waals surface area (Å²) in [6.07, 6.45) is 0. The van der Waals surface area contributed by atoms with Crippen molar-refractivity contribution in [2.24, 2.45) is 5.10 Å². The van der Waals surface area contributed by atoms with Crippen LogP contribution in [-0.4, -0.2) is 28.9 Å². The number of phenols is 2. The zero-order chi connectivity index (χ0) is 17.9. The Morgan fingerprint density at radius 1 is 1.17 bits per heavy atom. The fraction of sp³-hybridized carbons (Fsp3) is 0.125. The number of ether oxygens (including phenoxy) is 1. The van der Waals surface area contributed by atoms with Gasteiger partial charge in [-0.3, -0.25) is 4.79 Å². The first-order chi connectivity index (χ1) is 11.3. The lowest BCUT2D eigenvalue weighted by atomic mass is 10.1. The molecule has 0 saturated heterocycles. The van der Waals surface area contributed by atoms with Gasteiger partial charge in [0.1, 0.15) is 17.2 Å². The van der Waals surface area contributed by atoms with E-state index >= 15 is 0 Å². The molecule has 0 aliphatic heterocycles. The molecule has 6 nitrogen and oxygen atoms in total. The number of carbonyl (C=O) groups is 1. The molecule has 0 fully saturated rings. The van der Waals surface area contributed by atoms with Crippen LogP contribution in [-0.2, 0) is 0 Å². The second-order valence-electron chi connectivity index (χ2n) is 4.80. The molecule has 8 heteroatoms. The van der Waals surface area contributed by atoms with Gasteiger partial charge >= 0.3 is 0 Å². The van der Waals surface area contributed by atoms with E-state index in [0.717, 1.165) is 0 Å². The normalized spacial score (nSPS) is 11.2. The highest BCUT2D eigenvalue weighted by Gasteiger charge is 2.14. The Morgan fingerprint density at radius 3 is 2.50 bits per heavy atom. The smallest absolute Gasteiger partial charge is 0.275 e. The molecular formula is C16H14Cl2N2O4. The van der Waals surface area contributed by atoms with Crippen molar-refractivity contribution < 1.29 is 19.7 Å². The highest BCUT2D eigenvalue weighted by molar-refractivity contribution is 6.36. The molecule has 0 saturated carbocycles. The summed E-state index contributed by atoms with van der Waals surface area (Å²) in [5.41, 5.74) is 2.90. The number of aromatic hydroxyl groups is 2. The average molecular weight is 369 g/mol. The molecule has 0 heterocycles. The van der Waals surface area contributed by atoms with Crippen molar-refractivity contribution in [2.45, 2.75) is 6.92 Å². The summed E-state index contributed by atoms with van der Waals surface area (Å²) in [5, 5.41) is 24.1. The van der Waals surface area contributed by atoms with E-state index in [2.05, 4.69) is 10.5 Å². The van der Waals surface area contributed by atoms with Gasteiger partial charge in [0.25, 0.3) is 5.91 Å². The molecule has 2 aromatic rings. The summed E-state index contributed by atoms with van der Waals surface area (Å²) in [5.74, 6) is -0.637. The Kier molecular flexibility index (Phi) is 5.54. The molecule has 2 rings (SSSR count). The van der Waals surface area contributed by atoms with Gasteiger partial charge in [0.2, 0.25) is 0 Å². The van der Waals surface area contributed by atoms with Crippen molar-refractivity contribution in [3.05, 3.63) is 51.5 Å². The number of hydrogen-bond donors (Lipinski definition) is 3. The highest BCUT2D eigenvalue weighted by atomic mass is 35.5. The predicted molar refractivity (Wildman–Crippen MR) is 92.5 cm³/mol. The number of nitrogens with zero attached hydrogens (tertiary/aromatic N) is 1. The lowest BCUT2D eigenvalue weighted by Gasteiger charge is -2.08. The van der Waals surface area contributed by atoms with Gasteiger partial charge in [0.05, 0.1) is 23.4 Å². The number of amides is 1. The van der Waals surface area contributed by atoms with Crippen LogP contribution in [0.2, 0.25) is 10.0 Å². The molecule has 0 aliphatic rings. The largest absolute Gasteiger partial charge is 0.507 e. The third-order valence-electron chi connectivity index (χ3n) is 3.19. The van der Waals surface area contributed by atoms with Crippen LogP contribution in [0.4, 0.5) is 0 Å². The van der Waals surface area contributed by atoms with Crippen molar-refractivity contribution in [1.29, 1.82) is 0 Å². The van der Waals surface area contributed by atoms with Crippen LogP contribution < -0.4 is 10.2 Å². The number of benzene rings is 2. The molecule has 0 unspecified atom stereocenters. The average Bonchev–Trinajstić information content (AvgIpc) is 2.55. The first kappa shape index (κ1) is 17.9. The van der Waals surface area contributed by atoms with Crippen LogP contribution in [0.15, 0.2) is 35.4 Å². The van der Waals surface area contributed by atoms with Gasteiger partial charge < -0.3 is 14.9 Å². The maximum Gasteiger partial charge on any atom is 0.275 e. The molecule has 126 valence electrons. The summed E-state index contributed by atoms with van der Waals surface area (Å²) in [6.45, 7) is 1.57. The number of hydrogen-bond acceptors (Lipinski definition) is 5. The molecular weight excluding hydrogens is 355 g/mol. The van der Waals surface area contributed by atoms with Gasteiger partial charge in [-0.15, -0.1) is 0 Å². The molecule has 1 amide bonds. The number of nitrogens with one attached hydrogen (secondary N) is 1. The molecule has 3 N–H and O–H groups in total. The number of rotatable bonds is 4. The SMILES string of the molecule is COc1ccc(C(=O)NN=C(C)c2cc(Cl)cc(Cl)c2O)c(O)c1. The van der Waals surface area contributed by atoms with Gasteiger partial charge in [-0.2, -0.15) is 5.10 Å². The van der Waals surface area contributed by atoms with E-state index < -0.39 is 5.91 Å². The van der Waals surface area contributed by atoms with Gasteiger partial charge in [0, 0.05) is 16.7 Å². The zero-order valence-corrected chi connectivity index (χ0v) is 14.3. The van der Waals surface area contributed by atoms with Crippen LogP contribution in [0.1, 0.15) is 22.8 Å². The fourth-order valence-corrected chi connectivity index (χ4v) is 2.42. The van der Waals surface area contributed by atoms with E-state index in [9.17, 15) is 15.0 Å². The Bertz CT molecular complexity index is 822. The van der Waals surface area contributed by atoms with Gasteiger partial charge in [-0.25, -0.2) is 5.43 Å². The van der Waals surface area contributed by atoms with Crippen molar-refractivity contribution >= 4 is 34.8 Å². The molecule has 0 aromatic heterocycles. The van der Waals surface area contributed by atoms with E-state index in [-0.39, 0.29) is 27.6 Å². The molecule has 0 atom stereocenters. The van der Waals surface area contributed by atoms with Crippen LogP contribution >= 0.6 is 23.2 Å². The lowest BCUT2D eigenvalue weighted by molar-refractivity contribution is 0.0952. The van der Waals surface area contributed by atoms with E-state index in [1.54, 1.807) is 6.92 Å². The van der Waals surface area contributed by atoms with Crippen LogP contribution in [0.25, 0.3) is 0 Å². The molecule has 0 bridgehead atoms. The zero-order valence-electron chi connectivity index (χ0n) is 12.8.